The predicted molar refractivity (Wildman–Crippen MR) is 68.5 cm³/mol. The Labute approximate surface area is 107 Å². The van der Waals surface area contributed by atoms with Crippen molar-refractivity contribution in [1.29, 1.82) is 0 Å². The Kier molecular flexibility index (Phi) is 3.26. The molecule has 17 heavy (non-hydrogen) atoms. The lowest BCUT2D eigenvalue weighted by molar-refractivity contribution is 0.102. The third kappa shape index (κ3) is 2.72. The molecule has 1 heterocycles. The zero-order chi connectivity index (χ0) is 12.4. The van der Waals surface area contributed by atoms with Gasteiger partial charge in [0.05, 0.1) is 10.6 Å². The molecule has 88 valence electrons. The summed E-state index contributed by atoms with van der Waals surface area (Å²) >= 11 is 7.08. The normalized spacial score (nSPS) is 10.2. The van der Waals surface area contributed by atoms with Crippen molar-refractivity contribution in [2.45, 2.75) is 6.92 Å². The molecule has 0 radical (unpaired) electrons. The first-order valence-electron chi connectivity index (χ1n) is 4.73. The van der Waals surface area contributed by atoms with Gasteiger partial charge in [0.2, 0.25) is 10.3 Å². The number of hydrogen-bond acceptors (Lipinski definition) is 5. The molecule has 0 spiro atoms. The zero-order valence-electron chi connectivity index (χ0n) is 8.90. The molecule has 0 aliphatic carbocycles. The van der Waals surface area contributed by atoms with Crippen LogP contribution in [0.3, 0.4) is 0 Å². The number of halogens is 1. The number of nitrogens with one attached hydrogen (secondary N) is 1. The third-order valence-electron chi connectivity index (χ3n) is 2.03. The standard InChI is InChI=1S/C10H9ClN4OS/c1-5-2-3-6(7(11)4-5)8(16)13-10-15-14-9(12)17-10/h2-4H,1H3,(H2,12,14)(H,13,15,16). The van der Waals surface area contributed by atoms with Crippen LogP contribution in [-0.4, -0.2) is 16.1 Å². The first-order chi connectivity index (χ1) is 8.06. The molecular weight excluding hydrogens is 260 g/mol. The average molecular weight is 269 g/mol. The van der Waals surface area contributed by atoms with Crippen molar-refractivity contribution < 1.29 is 4.79 Å². The second-order valence-electron chi connectivity index (χ2n) is 3.38. The number of nitrogens with zero attached hydrogens (tertiary/aromatic N) is 2. The van der Waals surface area contributed by atoms with E-state index < -0.39 is 0 Å². The number of amides is 1. The van der Waals surface area contributed by atoms with Crippen molar-refractivity contribution in [3.05, 3.63) is 34.3 Å². The van der Waals surface area contributed by atoms with E-state index in [9.17, 15) is 4.79 Å². The molecule has 2 aromatic rings. The second-order valence-corrected chi connectivity index (χ2v) is 4.80. The van der Waals surface area contributed by atoms with E-state index in [1.807, 2.05) is 13.0 Å². The van der Waals surface area contributed by atoms with Crippen LogP contribution in [0.1, 0.15) is 15.9 Å². The van der Waals surface area contributed by atoms with Gasteiger partial charge < -0.3 is 5.73 Å². The maximum Gasteiger partial charge on any atom is 0.259 e. The molecule has 0 saturated heterocycles. The van der Waals surface area contributed by atoms with E-state index in [0.29, 0.717) is 20.8 Å². The van der Waals surface area contributed by atoms with Crippen LogP contribution in [0, 0.1) is 6.92 Å². The molecule has 1 aromatic carbocycles. The maximum absolute atomic E-state index is 11.9. The molecule has 1 aromatic heterocycles. The van der Waals surface area contributed by atoms with Crippen LogP contribution in [0.2, 0.25) is 5.02 Å². The SMILES string of the molecule is Cc1ccc(C(=O)Nc2nnc(N)s2)c(Cl)c1. The molecule has 0 unspecified atom stereocenters. The summed E-state index contributed by atoms with van der Waals surface area (Å²) < 4.78 is 0. The van der Waals surface area contributed by atoms with Crippen LogP contribution in [0.15, 0.2) is 18.2 Å². The summed E-state index contributed by atoms with van der Waals surface area (Å²) in [4.78, 5) is 11.9. The average Bonchev–Trinajstić information content (AvgIpc) is 2.63. The van der Waals surface area contributed by atoms with Gasteiger partial charge in [-0.2, -0.15) is 0 Å². The Balaban J connectivity index is 2.20. The quantitative estimate of drug-likeness (QED) is 0.876. The monoisotopic (exact) mass is 268 g/mol. The second kappa shape index (κ2) is 4.68. The largest absolute Gasteiger partial charge is 0.374 e. The van der Waals surface area contributed by atoms with Crippen molar-refractivity contribution in [2.24, 2.45) is 0 Å². The number of aromatic nitrogens is 2. The van der Waals surface area contributed by atoms with Crippen LogP contribution in [0.25, 0.3) is 0 Å². The highest BCUT2D eigenvalue weighted by molar-refractivity contribution is 7.19. The predicted octanol–water partition coefficient (Wildman–Crippen LogP) is 2.33. The van der Waals surface area contributed by atoms with E-state index in [2.05, 4.69) is 15.5 Å². The lowest BCUT2D eigenvalue weighted by atomic mass is 10.1. The minimum absolute atomic E-state index is 0.301. The lowest BCUT2D eigenvalue weighted by Crippen LogP contribution is -2.12. The van der Waals surface area contributed by atoms with E-state index in [1.54, 1.807) is 12.1 Å². The van der Waals surface area contributed by atoms with E-state index in [1.165, 1.54) is 0 Å². The summed E-state index contributed by atoms with van der Waals surface area (Å²) in [5.74, 6) is -0.328. The van der Waals surface area contributed by atoms with Gasteiger partial charge in [0.25, 0.3) is 5.91 Å². The Morgan fingerprint density at radius 2 is 2.24 bits per heavy atom. The Bertz CT molecular complexity index is 569. The fraction of sp³-hybridized carbons (Fsp3) is 0.100. The number of carbonyl (C=O) groups is 1. The number of carbonyl (C=O) groups excluding carboxylic acids is 1. The molecule has 0 atom stereocenters. The molecule has 7 heteroatoms. The molecule has 0 bridgehead atoms. The van der Waals surface area contributed by atoms with Crippen molar-refractivity contribution in [2.75, 3.05) is 11.1 Å². The van der Waals surface area contributed by atoms with Gasteiger partial charge in [-0.25, -0.2) is 0 Å². The molecule has 0 aliphatic rings. The van der Waals surface area contributed by atoms with Crippen molar-refractivity contribution in [1.82, 2.24) is 10.2 Å². The highest BCUT2D eigenvalue weighted by Gasteiger charge is 2.12. The summed E-state index contributed by atoms with van der Waals surface area (Å²) in [5.41, 5.74) is 6.80. The molecule has 0 saturated carbocycles. The molecule has 0 aliphatic heterocycles. The van der Waals surface area contributed by atoms with Gasteiger partial charge in [-0.3, -0.25) is 10.1 Å². The van der Waals surface area contributed by atoms with E-state index in [4.69, 9.17) is 17.3 Å². The molecule has 0 fully saturated rings. The number of nitrogen functional groups attached to an aromatic ring is 1. The fourth-order valence-corrected chi connectivity index (χ4v) is 2.08. The highest BCUT2D eigenvalue weighted by Crippen LogP contribution is 2.21. The molecule has 1 amide bonds. The summed E-state index contributed by atoms with van der Waals surface area (Å²) in [6, 6.07) is 5.21. The zero-order valence-corrected chi connectivity index (χ0v) is 10.5. The van der Waals surface area contributed by atoms with Crippen LogP contribution in [-0.2, 0) is 0 Å². The number of nitrogens with two attached hydrogens (primary N) is 1. The first-order valence-corrected chi connectivity index (χ1v) is 5.92. The van der Waals surface area contributed by atoms with Crippen LogP contribution >= 0.6 is 22.9 Å². The number of benzene rings is 1. The minimum Gasteiger partial charge on any atom is -0.374 e. The third-order valence-corrected chi connectivity index (χ3v) is 3.01. The number of hydrogen-bond donors (Lipinski definition) is 2. The molecular formula is C10H9ClN4OS. The van der Waals surface area contributed by atoms with Crippen LogP contribution in [0.5, 0.6) is 0 Å². The molecule has 5 nitrogen and oxygen atoms in total. The van der Waals surface area contributed by atoms with Crippen molar-refractivity contribution >= 4 is 39.1 Å². The summed E-state index contributed by atoms with van der Waals surface area (Å²) in [7, 11) is 0. The van der Waals surface area contributed by atoms with Gasteiger partial charge in [-0.1, -0.05) is 29.0 Å². The maximum atomic E-state index is 11.9. The first kappa shape index (κ1) is 11.8. The van der Waals surface area contributed by atoms with Crippen LogP contribution in [0.4, 0.5) is 10.3 Å². The Morgan fingerprint density at radius 1 is 1.47 bits per heavy atom. The van der Waals surface area contributed by atoms with Crippen molar-refractivity contribution in [3.8, 4) is 0 Å². The van der Waals surface area contributed by atoms with Gasteiger partial charge in [-0.15, -0.1) is 10.2 Å². The van der Waals surface area contributed by atoms with Crippen LogP contribution < -0.4 is 11.1 Å². The number of aryl methyl sites for hydroxylation is 1. The smallest absolute Gasteiger partial charge is 0.259 e. The van der Waals surface area contributed by atoms with E-state index in [0.717, 1.165) is 16.9 Å². The number of rotatable bonds is 2. The van der Waals surface area contributed by atoms with Gasteiger partial charge in [0, 0.05) is 0 Å². The summed E-state index contributed by atoms with van der Waals surface area (Å²) in [6.45, 7) is 1.90. The molecule has 3 N–H and O–H groups in total. The van der Waals surface area contributed by atoms with E-state index >= 15 is 0 Å². The van der Waals surface area contributed by atoms with Gasteiger partial charge in [0.15, 0.2) is 0 Å². The topological polar surface area (TPSA) is 80.9 Å². The van der Waals surface area contributed by atoms with E-state index in [-0.39, 0.29) is 5.91 Å². The van der Waals surface area contributed by atoms with Gasteiger partial charge in [0.1, 0.15) is 0 Å². The summed E-state index contributed by atoms with van der Waals surface area (Å²) in [6.07, 6.45) is 0. The highest BCUT2D eigenvalue weighted by atomic mass is 35.5. The number of anilines is 2. The minimum atomic E-state index is -0.328. The Hall–Kier alpha value is -1.66. The van der Waals surface area contributed by atoms with Crippen molar-refractivity contribution in [3.63, 3.8) is 0 Å². The Morgan fingerprint density at radius 3 is 2.82 bits per heavy atom. The van der Waals surface area contributed by atoms with Gasteiger partial charge in [-0.05, 0) is 24.6 Å². The van der Waals surface area contributed by atoms with Gasteiger partial charge >= 0.3 is 0 Å². The summed E-state index contributed by atoms with van der Waals surface area (Å²) in [5, 5.41) is 10.9. The fourth-order valence-electron chi connectivity index (χ4n) is 1.25. The molecule has 2 rings (SSSR count). The lowest BCUT2D eigenvalue weighted by Gasteiger charge is -2.04.